The van der Waals surface area contributed by atoms with Crippen molar-refractivity contribution in [3.05, 3.63) is 35.1 Å². The van der Waals surface area contributed by atoms with Crippen molar-refractivity contribution >= 4 is 5.78 Å². The van der Waals surface area contributed by atoms with Crippen LogP contribution in [0.25, 0.3) is 0 Å². The van der Waals surface area contributed by atoms with Crippen LogP contribution in [0.3, 0.4) is 0 Å². The Morgan fingerprint density at radius 2 is 1.17 bits per heavy atom. The number of halogens is 3. The average molecular weight is 342 g/mol. The Morgan fingerprint density at radius 3 is 1.62 bits per heavy atom. The molecule has 0 saturated heterocycles. The number of hydrogen-bond acceptors (Lipinski definition) is 1. The molecule has 1 aromatic rings. The molecule has 0 atom stereocenters. The highest BCUT2D eigenvalue weighted by Crippen LogP contribution is 2.17. The summed E-state index contributed by atoms with van der Waals surface area (Å²) in [7, 11) is 0. The minimum absolute atomic E-state index is 0.0847. The van der Waals surface area contributed by atoms with E-state index < -0.39 is 17.5 Å². The van der Waals surface area contributed by atoms with E-state index in [1.807, 2.05) is 0 Å². The van der Waals surface area contributed by atoms with Crippen molar-refractivity contribution in [1.29, 1.82) is 0 Å². The molecule has 0 N–H and O–H groups in total. The van der Waals surface area contributed by atoms with E-state index in [1.165, 1.54) is 51.4 Å². The fourth-order valence-electron chi connectivity index (χ4n) is 2.81. The lowest BCUT2D eigenvalue weighted by Crippen LogP contribution is -2.03. The Kier molecular flexibility index (Phi) is 10.4. The zero-order valence-corrected chi connectivity index (χ0v) is 14.7. The standard InChI is InChI=1S/C20H29F3O/c1-2-3-4-5-6-7-8-9-10-11-12-13-19(24)16-14-17(21)20(23)18(22)15-16/h14-15H,2-13H2,1H3. The predicted molar refractivity (Wildman–Crippen MR) is 91.7 cm³/mol. The molecule has 0 fully saturated rings. The maximum Gasteiger partial charge on any atom is 0.194 e. The van der Waals surface area contributed by atoms with E-state index in [1.54, 1.807) is 0 Å². The van der Waals surface area contributed by atoms with Gasteiger partial charge in [-0.1, -0.05) is 71.1 Å². The molecule has 24 heavy (non-hydrogen) atoms. The Balaban J connectivity index is 2.08. The molecular formula is C20H29F3O. The van der Waals surface area contributed by atoms with E-state index in [0.29, 0.717) is 6.42 Å². The van der Waals surface area contributed by atoms with Gasteiger partial charge in [0.15, 0.2) is 23.2 Å². The maximum atomic E-state index is 13.1. The Bertz CT molecular complexity index is 477. The summed E-state index contributed by atoms with van der Waals surface area (Å²) in [5.41, 5.74) is -0.0847. The molecule has 1 nitrogen and oxygen atoms in total. The molecule has 0 radical (unpaired) electrons. The third-order valence-corrected chi connectivity index (χ3v) is 4.31. The second kappa shape index (κ2) is 12.1. The van der Waals surface area contributed by atoms with Gasteiger partial charge < -0.3 is 0 Å². The van der Waals surface area contributed by atoms with Crippen LogP contribution >= 0.6 is 0 Å². The minimum Gasteiger partial charge on any atom is -0.294 e. The lowest BCUT2D eigenvalue weighted by Gasteiger charge is -2.04. The van der Waals surface area contributed by atoms with Gasteiger partial charge in [-0.05, 0) is 18.6 Å². The largest absolute Gasteiger partial charge is 0.294 e. The van der Waals surface area contributed by atoms with Crippen molar-refractivity contribution in [1.82, 2.24) is 0 Å². The lowest BCUT2D eigenvalue weighted by atomic mass is 10.0. The van der Waals surface area contributed by atoms with Gasteiger partial charge in [-0.2, -0.15) is 0 Å². The topological polar surface area (TPSA) is 17.1 Å². The van der Waals surface area contributed by atoms with Crippen LogP contribution in [0.1, 0.15) is 94.3 Å². The smallest absolute Gasteiger partial charge is 0.194 e. The summed E-state index contributed by atoms with van der Waals surface area (Å²) in [5.74, 6) is -4.47. The number of unbranched alkanes of at least 4 members (excludes halogenated alkanes) is 10. The molecule has 0 aliphatic heterocycles. The molecule has 0 aliphatic carbocycles. The van der Waals surface area contributed by atoms with Crippen molar-refractivity contribution in [3.8, 4) is 0 Å². The highest BCUT2D eigenvalue weighted by atomic mass is 19.2. The van der Waals surface area contributed by atoms with Crippen LogP contribution in [-0.4, -0.2) is 5.78 Å². The molecule has 0 heterocycles. The summed E-state index contributed by atoms with van der Waals surface area (Å²) in [6.07, 6.45) is 13.2. The number of carbonyl (C=O) groups excluding carboxylic acids is 1. The van der Waals surface area contributed by atoms with Crippen molar-refractivity contribution in [3.63, 3.8) is 0 Å². The molecule has 0 unspecified atom stereocenters. The van der Waals surface area contributed by atoms with Gasteiger partial charge in [0.1, 0.15) is 0 Å². The number of rotatable bonds is 13. The van der Waals surface area contributed by atoms with Crippen LogP contribution in [0.5, 0.6) is 0 Å². The maximum absolute atomic E-state index is 13.1. The summed E-state index contributed by atoms with van der Waals surface area (Å²) in [5, 5.41) is 0. The SMILES string of the molecule is CCCCCCCCCCCCCC(=O)c1cc(F)c(F)c(F)c1. The molecule has 0 spiro atoms. The summed E-state index contributed by atoms with van der Waals surface area (Å²) in [6, 6.07) is 1.55. The van der Waals surface area contributed by atoms with Crippen molar-refractivity contribution in [2.45, 2.75) is 84.0 Å². The highest BCUT2D eigenvalue weighted by Gasteiger charge is 2.14. The molecule has 0 bridgehead atoms. The summed E-state index contributed by atoms with van der Waals surface area (Å²) in [4.78, 5) is 11.9. The van der Waals surface area contributed by atoms with E-state index in [0.717, 1.165) is 25.0 Å². The fraction of sp³-hybridized carbons (Fsp3) is 0.650. The monoisotopic (exact) mass is 342 g/mol. The molecule has 1 rings (SSSR count). The second-order valence-electron chi connectivity index (χ2n) is 6.46. The first-order valence-electron chi connectivity index (χ1n) is 9.24. The quantitative estimate of drug-likeness (QED) is 0.214. The zero-order valence-electron chi connectivity index (χ0n) is 14.7. The van der Waals surface area contributed by atoms with Crippen molar-refractivity contribution in [2.75, 3.05) is 0 Å². The average Bonchev–Trinajstić information content (AvgIpc) is 2.56. The van der Waals surface area contributed by atoms with E-state index in [-0.39, 0.29) is 17.8 Å². The first kappa shape index (κ1) is 20.7. The molecular weight excluding hydrogens is 313 g/mol. The van der Waals surface area contributed by atoms with E-state index in [4.69, 9.17) is 0 Å². The van der Waals surface area contributed by atoms with E-state index in [9.17, 15) is 18.0 Å². The number of ketones is 1. The first-order chi connectivity index (χ1) is 11.6. The van der Waals surface area contributed by atoms with Gasteiger partial charge in [-0.25, -0.2) is 13.2 Å². The minimum atomic E-state index is -1.53. The van der Waals surface area contributed by atoms with Crippen LogP contribution in [0.15, 0.2) is 12.1 Å². The molecule has 0 amide bonds. The summed E-state index contributed by atoms with van der Waals surface area (Å²) < 4.78 is 39.0. The molecule has 0 saturated carbocycles. The third-order valence-electron chi connectivity index (χ3n) is 4.31. The first-order valence-corrected chi connectivity index (χ1v) is 9.24. The van der Waals surface area contributed by atoms with Crippen LogP contribution < -0.4 is 0 Å². The number of hydrogen-bond donors (Lipinski definition) is 0. The normalized spacial score (nSPS) is 11.0. The molecule has 0 aromatic heterocycles. The Labute approximate surface area is 143 Å². The number of Topliss-reactive ketones (excluding diaryl/α,β-unsaturated/α-hetero) is 1. The molecule has 0 aliphatic rings. The van der Waals surface area contributed by atoms with Gasteiger partial charge >= 0.3 is 0 Å². The van der Waals surface area contributed by atoms with E-state index >= 15 is 0 Å². The second-order valence-corrected chi connectivity index (χ2v) is 6.46. The number of benzene rings is 1. The van der Waals surface area contributed by atoms with Gasteiger partial charge in [0.25, 0.3) is 0 Å². The highest BCUT2D eigenvalue weighted by molar-refractivity contribution is 5.96. The van der Waals surface area contributed by atoms with Gasteiger partial charge in [0.2, 0.25) is 0 Å². The number of carbonyl (C=O) groups is 1. The van der Waals surface area contributed by atoms with Gasteiger partial charge in [0.05, 0.1) is 0 Å². The fourth-order valence-corrected chi connectivity index (χ4v) is 2.81. The Hall–Kier alpha value is -1.32. The van der Waals surface area contributed by atoms with Crippen molar-refractivity contribution < 1.29 is 18.0 Å². The molecule has 136 valence electrons. The van der Waals surface area contributed by atoms with Gasteiger partial charge in [-0.15, -0.1) is 0 Å². The van der Waals surface area contributed by atoms with Crippen LogP contribution in [0.4, 0.5) is 13.2 Å². The summed E-state index contributed by atoms with van der Waals surface area (Å²) in [6.45, 7) is 2.22. The van der Waals surface area contributed by atoms with Crippen LogP contribution in [0, 0.1) is 17.5 Å². The van der Waals surface area contributed by atoms with Crippen LogP contribution in [0.2, 0.25) is 0 Å². The van der Waals surface area contributed by atoms with Crippen molar-refractivity contribution in [2.24, 2.45) is 0 Å². The van der Waals surface area contributed by atoms with Gasteiger partial charge in [0, 0.05) is 12.0 Å². The lowest BCUT2D eigenvalue weighted by molar-refractivity contribution is 0.0978. The van der Waals surface area contributed by atoms with Crippen LogP contribution in [-0.2, 0) is 0 Å². The molecule has 1 aromatic carbocycles. The molecule has 4 heteroatoms. The van der Waals surface area contributed by atoms with Gasteiger partial charge in [-0.3, -0.25) is 4.79 Å². The third kappa shape index (κ3) is 7.98. The zero-order chi connectivity index (χ0) is 17.8. The summed E-state index contributed by atoms with van der Waals surface area (Å²) >= 11 is 0. The van der Waals surface area contributed by atoms with E-state index in [2.05, 4.69) is 6.92 Å². The Morgan fingerprint density at radius 1 is 0.750 bits per heavy atom. The predicted octanol–water partition coefficient (Wildman–Crippen LogP) is 6.99.